The molecule has 3 heterocycles. The third-order valence-corrected chi connectivity index (χ3v) is 4.77. The van der Waals surface area contributed by atoms with Crippen LogP contribution in [0.25, 0.3) is 11.2 Å². The number of nitrogens with zero attached hydrogens (tertiary/aromatic N) is 5. The van der Waals surface area contributed by atoms with Crippen LogP contribution in [-0.2, 0) is 16.1 Å². The second kappa shape index (κ2) is 7.67. The van der Waals surface area contributed by atoms with E-state index in [1.54, 1.807) is 18.2 Å². The molecule has 1 aromatic carbocycles. The fourth-order valence-electron chi connectivity index (χ4n) is 3.33. The van der Waals surface area contributed by atoms with Gasteiger partial charge in [-0.1, -0.05) is 12.1 Å². The Labute approximate surface area is 163 Å². The molecule has 1 aliphatic heterocycles. The van der Waals surface area contributed by atoms with Crippen molar-refractivity contribution in [2.24, 2.45) is 0 Å². The molecule has 0 saturated carbocycles. The van der Waals surface area contributed by atoms with E-state index < -0.39 is 36.1 Å². The van der Waals surface area contributed by atoms with Crippen molar-refractivity contribution in [1.82, 2.24) is 19.5 Å². The number of nitro groups is 1. The summed E-state index contributed by atoms with van der Waals surface area (Å²) in [5, 5.41) is 31.3. The molecule has 152 valence electrons. The number of hydrogen-bond acceptors (Lipinski definition) is 10. The number of nitro benzene ring substituents is 1. The Morgan fingerprint density at radius 2 is 2.10 bits per heavy atom. The average Bonchev–Trinajstić information content (AvgIpc) is 3.28. The highest BCUT2D eigenvalue weighted by atomic mass is 16.6. The van der Waals surface area contributed by atoms with Gasteiger partial charge in [0, 0.05) is 6.07 Å². The summed E-state index contributed by atoms with van der Waals surface area (Å²) < 4.78 is 13.1. The summed E-state index contributed by atoms with van der Waals surface area (Å²) in [5.41, 5.74) is 6.79. The third-order valence-electron chi connectivity index (χ3n) is 4.77. The van der Waals surface area contributed by atoms with Crippen LogP contribution >= 0.6 is 0 Å². The van der Waals surface area contributed by atoms with Crippen molar-refractivity contribution in [3.05, 3.63) is 52.6 Å². The van der Waals surface area contributed by atoms with E-state index in [4.69, 9.17) is 15.2 Å². The summed E-state index contributed by atoms with van der Waals surface area (Å²) in [4.78, 5) is 22.9. The molecule has 0 spiro atoms. The Morgan fingerprint density at radius 1 is 1.31 bits per heavy atom. The molecule has 1 fully saturated rings. The first kappa shape index (κ1) is 19.1. The van der Waals surface area contributed by atoms with Gasteiger partial charge >= 0.3 is 0 Å². The second-order valence-corrected chi connectivity index (χ2v) is 6.48. The fourth-order valence-corrected chi connectivity index (χ4v) is 3.33. The number of imidazole rings is 1. The van der Waals surface area contributed by atoms with Gasteiger partial charge in [-0.05, 0) is 6.07 Å². The molecule has 4 atom stereocenters. The van der Waals surface area contributed by atoms with Crippen LogP contribution < -0.4 is 5.73 Å². The highest BCUT2D eigenvalue weighted by molar-refractivity contribution is 5.81. The molecule has 0 unspecified atom stereocenters. The van der Waals surface area contributed by atoms with Crippen LogP contribution in [0.2, 0.25) is 0 Å². The summed E-state index contributed by atoms with van der Waals surface area (Å²) in [7, 11) is 0. The van der Waals surface area contributed by atoms with Crippen molar-refractivity contribution in [2.45, 2.75) is 31.1 Å². The molecule has 29 heavy (non-hydrogen) atoms. The minimum absolute atomic E-state index is 0.0928. The van der Waals surface area contributed by atoms with Crippen molar-refractivity contribution in [3.63, 3.8) is 0 Å². The van der Waals surface area contributed by atoms with E-state index in [-0.39, 0.29) is 18.1 Å². The Kier molecular flexibility index (Phi) is 5.07. The van der Waals surface area contributed by atoms with Crippen LogP contribution in [0.3, 0.4) is 0 Å². The number of nitrogen functional groups attached to an aromatic ring is 1. The van der Waals surface area contributed by atoms with Crippen LogP contribution in [-0.4, -0.2) is 59.6 Å². The lowest BCUT2D eigenvalue weighted by molar-refractivity contribution is -0.386. The number of ether oxygens (including phenoxy) is 2. The number of benzene rings is 1. The minimum atomic E-state index is -1.18. The number of anilines is 1. The zero-order valence-electron chi connectivity index (χ0n) is 15.0. The molecule has 0 bridgehead atoms. The van der Waals surface area contributed by atoms with E-state index in [1.807, 2.05) is 0 Å². The van der Waals surface area contributed by atoms with Crippen molar-refractivity contribution in [2.75, 3.05) is 12.3 Å². The Bertz CT molecular complexity index is 1040. The van der Waals surface area contributed by atoms with Crippen molar-refractivity contribution in [3.8, 4) is 0 Å². The van der Waals surface area contributed by atoms with Gasteiger partial charge in [0.25, 0.3) is 5.69 Å². The van der Waals surface area contributed by atoms with Crippen LogP contribution in [0.15, 0.2) is 36.9 Å². The zero-order chi connectivity index (χ0) is 20.5. The SMILES string of the molecule is Nc1ncnc2c1ncn2[C@@H]1O[C@H](CO)[C@@H](O)[C@H]1OCc1ccccc1[N+](=O)[O-]. The highest BCUT2D eigenvalue weighted by Crippen LogP contribution is 2.35. The number of fused-ring (bicyclic) bond motifs is 1. The van der Waals surface area contributed by atoms with Gasteiger partial charge in [-0.15, -0.1) is 0 Å². The number of rotatable bonds is 6. The molecule has 3 aromatic rings. The Balaban J connectivity index is 1.64. The van der Waals surface area contributed by atoms with Gasteiger partial charge in [-0.25, -0.2) is 15.0 Å². The van der Waals surface area contributed by atoms with Crippen LogP contribution in [0.1, 0.15) is 11.8 Å². The van der Waals surface area contributed by atoms with Gasteiger partial charge in [0.2, 0.25) is 0 Å². The molecular formula is C17H18N6O6. The zero-order valence-corrected chi connectivity index (χ0v) is 15.0. The molecule has 0 aliphatic carbocycles. The van der Waals surface area contributed by atoms with Crippen LogP contribution in [0.4, 0.5) is 11.5 Å². The van der Waals surface area contributed by atoms with E-state index in [9.17, 15) is 20.3 Å². The monoisotopic (exact) mass is 402 g/mol. The molecule has 4 rings (SSSR count). The van der Waals surface area contributed by atoms with Crippen molar-refractivity contribution >= 4 is 22.7 Å². The summed E-state index contributed by atoms with van der Waals surface area (Å²) in [6.07, 6.45) is -1.22. The third kappa shape index (κ3) is 3.38. The van der Waals surface area contributed by atoms with Gasteiger partial charge in [0.15, 0.2) is 17.7 Å². The van der Waals surface area contributed by atoms with Gasteiger partial charge in [-0.3, -0.25) is 14.7 Å². The number of hydrogen-bond donors (Lipinski definition) is 3. The quantitative estimate of drug-likeness (QED) is 0.381. The van der Waals surface area contributed by atoms with Gasteiger partial charge in [-0.2, -0.15) is 0 Å². The standard InChI is InChI=1S/C17H18N6O6/c18-15-12-16(20-7-19-15)22(8-21-12)17-14(13(25)11(5-24)29-17)28-6-9-3-1-2-4-10(9)23(26)27/h1-4,7-8,11,13-14,17,24-25H,5-6H2,(H2,18,19,20)/t11-,13-,14-,17-/m1/s1. The average molecular weight is 402 g/mol. The topological polar surface area (TPSA) is 172 Å². The Morgan fingerprint density at radius 3 is 2.86 bits per heavy atom. The predicted molar refractivity (Wildman–Crippen MR) is 98.4 cm³/mol. The lowest BCUT2D eigenvalue weighted by atomic mass is 10.1. The molecule has 1 aliphatic rings. The number of para-hydroxylation sites is 1. The molecule has 0 amide bonds. The van der Waals surface area contributed by atoms with Crippen molar-refractivity contribution < 1.29 is 24.6 Å². The summed E-state index contributed by atoms with van der Waals surface area (Å²) in [6.45, 7) is -0.576. The smallest absolute Gasteiger partial charge is 0.274 e. The number of aromatic nitrogens is 4. The lowest BCUT2D eigenvalue weighted by Crippen LogP contribution is -2.35. The van der Waals surface area contributed by atoms with Crippen LogP contribution in [0, 0.1) is 10.1 Å². The first-order valence-corrected chi connectivity index (χ1v) is 8.72. The molecule has 2 aromatic heterocycles. The van der Waals surface area contributed by atoms with E-state index in [1.165, 1.54) is 23.3 Å². The van der Waals surface area contributed by atoms with E-state index in [0.717, 1.165) is 0 Å². The van der Waals surface area contributed by atoms with E-state index in [0.29, 0.717) is 16.7 Å². The summed E-state index contributed by atoms with van der Waals surface area (Å²) in [5.74, 6) is 0.184. The first-order chi connectivity index (χ1) is 14.0. The molecule has 12 heteroatoms. The minimum Gasteiger partial charge on any atom is -0.394 e. The maximum Gasteiger partial charge on any atom is 0.274 e. The van der Waals surface area contributed by atoms with Crippen molar-refractivity contribution in [1.29, 1.82) is 0 Å². The second-order valence-electron chi connectivity index (χ2n) is 6.48. The Hall–Kier alpha value is -3.19. The van der Waals surface area contributed by atoms with Gasteiger partial charge in [0.05, 0.1) is 30.0 Å². The molecule has 1 saturated heterocycles. The molecule has 12 nitrogen and oxygen atoms in total. The van der Waals surface area contributed by atoms with E-state index in [2.05, 4.69) is 15.0 Å². The van der Waals surface area contributed by atoms with E-state index >= 15 is 0 Å². The number of nitrogens with two attached hydrogens (primary N) is 1. The lowest BCUT2D eigenvalue weighted by Gasteiger charge is -2.22. The van der Waals surface area contributed by atoms with Gasteiger partial charge < -0.3 is 25.4 Å². The first-order valence-electron chi connectivity index (χ1n) is 8.72. The summed E-state index contributed by atoms with van der Waals surface area (Å²) in [6, 6.07) is 6.16. The normalized spacial score (nSPS) is 24.2. The fraction of sp³-hybridized carbons (Fsp3) is 0.353. The van der Waals surface area contributed by atoms with Crippen LogP contribution in [0.5, 0.6) is 0 Å². The number of aliphatic hydroxyl groups excluding tert-OH is 2. The van der Waals surface area contributed by atoms with Gasteiger partial charge in [0.1, 0.15) is 30.2 Å². The maximum atomic E-state index is 11.2. The number of aliphatic hydroxyl groups is 2. The largest absolute Gasteiger partial charge is 0.394 e. The highest BCUT2D eigenvalue weighted by Gasteiger charge is 2.46. The predicted octanol–water partition coefficient (Wildman–Crippen LogP) is 0.153. The molecular weight excluding hydrogens is 384 g/mol. The molecule has 4 N–H and O–H groups in total. The maximum absolute atomic E-state index is 11.2. The summed E-state index contributed by atoms with van der Waals surface area (Å²) >= 11 is 0. The molecule has 0 radical (unpaired) electrons.